The molecule has 0 aromatic rings. The molecule has 0 aliphatic heterocycles. The number of aliphatic hydroxyl groups excluding tert-OH is 2. The van der Waals surface area contributed by atoms with Crippen LogP contribution >= 0.6 is 0 Å². The highest BCUT2D eigenvalue weighted by Gasteiger charge is 2.19. The monoisotopic (exact) mass is 804 g/mol. The second-order valence-electron chi connectivity index (χ2n) is 17.1. The number of ether oxygens (including phenoxy) is 1. The summed E-state index contributed by atoms with van der Waals surface area (Å²) in [5.41, 5.74) is 0. The van der Waals surface area contributed by atoms with Crippen LogP contribution in [-0.4, -0.2) is 47.4 Å². The van der Waals surface area contributed by atoms with E-state index in [1.165, 1.54) is 173 Å². The zero-order chi connectivity index (χ0) is 41.5. The molecule has 0 saturated carbocycles. The number of nitrogens with one attached hydrogen (secondary N) is 1. The van der Waals surface area contributed by atoms with Crippen molar-refractivity contribution in [3.05, 3.63) is 24.3 Å². The van der Waals surface area contributed by atoms with E-state index >= 15 is 0 Å². The van der Waals surface area contributed by atoms with E-state index in [0.29, 0.717) is 32.3 Å². The first-order valence-corrected chi connectivity index (χ1v) is 25.1. The Morgan fingerprint density at radius 1 is 0.491 bits per heavy atom. The lowest BCUT2D eigenvalue weighted by Gasteiger charge is -2.22. The van der Waals surface area contributed by atoms with Crippen molar-refractivity contribution < 1.29 is 24.5 Å². The molecule has 0 aliphatic carbocycles. The third-order valence-corrected chi connectivity index (χ3v) is 11.5. The fourth-order valence-corrected chi connectivity index (χ4v) is 7.63. The van der Waals surface area contributed by atoms with Crippen LogP contribution in [0.4, 0.5) is 0 Å². The largest absolute Gasteiger partial charge is 0.466 e. The lowest BCUT2D eigenvalue weighted by atomic mass is 10.0. The summed E-state index contributed by atoms with van der Waals surface area (Å²) in [5, 5.41) is 23.0. The van der Waals surface area contributed by atoms with E-state index in [0.717, 1.165) is 51.4 Å². The van der Waals surface area contributed by atoms with Crippen molar-refractivity contribution in [2.24, 2.45) is 0 Å². The van der Waals surface area contributed by atoms with Crippen molar-refractivity contribution in [3.63, 3.8) is 0 Å². The molecule has 0 spiro atoms. The van der Waals surface area contributed by atoms with E-state index in [4.69, 9.17) is 4.74 Å². The van der Waals surface area contributed by atoms with Crippen molar-refractivity contribution in [1.82, 2.24) is 5.32 Å². The number of hydrogen-bond donors (Lipinski definition) is 3. The fraction of sp³-hybridized carbons (Fsp3) is 0.882. The molecular formula is C51H97NO5. The van der Waals surface area contributed by atoms with E-state index in [9.17, 15) is 19.8 Å². The van der Waals surface area contributed by atoms with Gasteiger partial charge >= 0.3 is 5.97 Å². The van der Waals surface area contributed by atoms with E-state index in [2.05, 4.69) is 37.4 Å². The summed E-state index contributed by atoms with van der Waals surface area (Å²) in [6.07, 6.45) is 54.6. The summed E-state index contributed by atoms with van der Waals surface area (Å²) in [5.74, 6) is -0.131. The number of aliphatic hydroxyl groups is 2. The number of esters is 1. The molecule has 0 aromatic heterocycles. The second kappa shape index (κ2) is 47.0. The Morgan fingerprint density at radius 2 is 0.895 bits per heavy atom. The highest BCUT2D eigenvalue weighted by molar-refractivity contribution is 5.76. The van der Waals surface area contributed by atoms with Crippen molar-refractivity contribution in [2.75, 3.05) is 13.2 Å². The molecule has 0 rings (SSSR count). The molecular weight excluding hydrogens is 707 g/mol. The van der Waals surface area contributed by atoms with E-state index in [1.807, 2.05) is 6.08 Å². The molecule has 0 aromatic carbocycles. The van der Waals surface area contributed by atoms with Crippen molar-refractivity contribution in [2.45, 2.75) is 276 Å². The number of hydrogen-bond acceptors (Lipinski definition) is 5. The predicted octanol–water partition coefficient (Wildman–Crippen LogP) is 14.7. The van der Waals surface area contributed by atoms with Gasteiger partial charge in [-0.25, -0.2) is 0 Å². The van der Waals surface area contributed by atoms with Gasteiger partial charge in [0.2, 0.25) is 5.91 Å². The average molecular weight is 804 g/mol. The maximum absolute atomic E-state index is 12.3. The van der Waals surface area contributed by atoms with Gasteiger partial charge < -0.3 is 20.3 Å². The molecule has 2 atom stereocenters. The summed E-state index contributed by atoms with van der Waals surface area (Å²) in [6, 6.07) is -0.582. The average Bonchev–Trinajstić information content (AvgIpc) is 3.21. The quantitative estimate of drug-likeness (QED) is 0.0324. The maximum atomic E-state index is 12.3. The Balaban J connectivity index is 3.49. The van der Waals surface area contributed by atoms with Gasteiger partial charge in [0.15, 0.2) is 0 Å². The maximum Gasteiger partial charge on any atom is 0.305 e. The van der Waals surface area contributed by atoms with Gasteiger partial charge in [0.25, 0.3) is 0 Å². The molecule has 6 heteroatoms. The summed E-state index contributed by atoms with van der Waals surface area (Å²) >= 11 is 0. The second-order valence-corrected chi connectivity index (χ2v) is 17.1. The minimum absolute atomic E-state index is 0.0134. The van der Waals surface area contributed by atoms with Gasteiger partial charge in [-0.3, -0.25) is 9.59 Å². The highest BCUT2D eigenvalue weighted by Crippen LogP contribution is 2.16. The number of amides is 1. The minimum Gasteiger partial charge on any atom is -0.466 e. The molecule has 2 unspecified atom stereocenters. The van der Waals surface area contributed by atoms with Crippen LogP contribution < -0.4 is 5.32 Å². The molecule has 3 N–H and O–H groups in total. The van der Waals surface area contributed by atoms with E-state index in [1.54, 1.807) is 0 Å². The summed E-state index contributed by atoms with van der Waals surface area (Å²) < 4.78 is 5.46. The standard InChI is InChI=1S/C51H97NO5/c1-3-5-7-9-11-13-14-15-16-17-18-19-22-25-29-33-37-41-45-51(56)57-46-42-38-34-30-26-23-20-21-24-28-32-36-40-44-50(55)52-48(47-53)49(54)43-39-35-31-27-12-10-8-6-4-2/h21,24,32,36,48-49,53-54H,3-20,22-23,25-31,33-35,37-47H2,1-2H3,(H,52,55)/b24-21-,36-32-. The van der Waals surface area contributed by atoms with Crippen LogP contribution in [0.1, 0.15) is 264 Å². The molecule has 0 saturated heterocycles. The van der Waals surface area contributed by atoms with Crippen LogP contribution in [0.3, 0.4) is 0 Å². The fourth-order valence-electron chi connectivity index (χ4n) is 7.63. The van der Waals surface area contributed by atoms with Gasteiger partial charge in [-0.15, -0.1) is 0 Å². The summed E-state index contributed by atoms with van der Waals surface area (Å²) in [7, 11) is 0. The number of carbonyl (C=O) groups is 2. The molecule has 6 nitrogen and oxygen atoms in total. The topological polar surface area (TPSA) is 95.9 Å². The molecule has 0 fully saturated rings. The number of rotatable bonds is 46. The normalized spacial score (nSPS) is 12.8. The number of allylic oxidation sites excluding steroid dienone is 4. The summed E-state index contributed by atoms with van der Waals surface area (Å²) in [6.45, 7) is 4.87. The summed E-state index contributed by atoms with van der Waals surface area (Å²) in [4.78, 5) is 24.4. The predicted molar refractivity (Wildman–Crippen MR) is 246 cm³/mol. The molecule has 336 valence electrons. The van der Waals surface area contributed by atoms with Gasteiger partial charge in [-0.1, -0.05) is 231 Å². The number of unbranched alkanes of at least 4 members (excludes halogenated alkanes) is 31. The van der Waals surface area contributed by atoms with Gasteiger partial charge in [-0.2, -0.15) is 0 Å². The molecule has 1 amide bonds. The van der Waals surface area contributed by atoms with Crippen LogP contribution in [0.2, 0.25) is 0 Å². The first kappa shape index (κ1) is 55.3. The van der Waals surface area contributed by atoms with E-state index < -0.39 is 12.1 Å². The molecule has 0 aliphatic rings. The van der Waals surface area contributed by atoms with Crippen molar-refractivity contribution in [1.29, 1.82) is 0 Å². The molecule has 0 bridgehead atoms. The molecule has 0 heterocycles. The Morgan fingerprint density at radius 3 is 1.37 bits per heavy atom. The van der Waals surface area contributed by atoms with Crippen LogP contribution in [-0.2, 0) is 14.3 Å². The van der Waals surface area contributed by atoms with Crippen LogP contribution in [0.15, 0.2) is 24.3 Å². The first-order chi connectivity index (χ1) is 28.0. The Labute approximate surface area is 354 Å². The van der Waals surface area contributed by atoms with Crippen molar-refractivity contribution >= 4 is 11.9 Å². The zero-order valence-electron chi connectivity index (χ0n) is 38.1. The zero-order valence-corrected chi connectivity index (χ0v) is 38.1. The third-order valence-electron chi connectivity index (χ3n) is 11.5. The van der Waals surface area contributed by atoms with E-state index in [-0.39, 0.29) is 18.5 Å². The van der Waals surface area contributed by atoms with Crippen LogP contribution in [0.5, 0.6) is 0 Å². The minimum atomic E-state index is -0.696. The Kier molecular flexibility index (Phi) is 45.7. The van der Waals surface area contributed by atoms with Crippen LogP contribution in [0.25, 0.3) is 0 Å². The highest BCUT2D eigenvalue weighted by atomic mass is 16.5. The van der Waals surface area contributed by atoms with Gasteiger partial charge in [0, 0.05) is 12.8 Å². The smallest absolute Gasteiger partial charge is 0.305 e. The van der Waals surface area contributed by atoms with Gasteiger partial charge in [0.05, 0.1) is 25.4 Å². The van der Waals surface area contributed by atoms with Crippen molar-refractivity contribution in [3.8, 4) is 0 Å². The number of carbonyl (C=O) groups excluding carboxylic acids is 2. The molecule has 0 radical (unpaired) electrons. The van der Waals surface area contributed by atoms with Gasteiger partial charge in [0.1, 0.15) is 0 Å². The first-order valence-electron chi connectivity index (χ1n) is 25.1. The lowest BCUT2D eigenvalue weighted by molar-refractivity contribution is -0.143. The SMILES string of the molecule is CCCCCCCCCCCCCCCCCCCCC(=O)OCCCCCCCC/C=C\C/C=C\CCC(=O)NC(CO)C(O)CCCCCCCCCCC. The lowest BCUT2D eigenvalue weighted by Crippen LogP contribution is -2.45. The van der Waals surface area contributed by atoms with Gasteiger partial charge in [-0.05, 0) is 44.9 Å². The Hall–Kier alpha value is -1.66. The third kappa shape index (κ3) is 43.7. The molecule has 57 heavy (non-hydrogen) atoms. The van der Waals surface area contributed by atoms with Crippen LogP contribution in [0, 0.1) is 0 Å². The Bertz CT molecular complexity index is 889.